The van der Waals surface area contributed by atoms with Gasteiger partial charge in [0.15, 0.2) is 11.4 Å². The lowest BCUT2D eigenvalue weighted by molar-refractivity contribution is 0.0934. The Morgan fingerprint density at radius 3 is 2.86 bits per heavy atom. The molecule has 2 rings (SSSR count). The number of nitrogens with one attached hydrogen (secondary N) is 1. The largest absolute Gasteiger partial charge is 0.504 e. The van der Waals surface area contributed by atoms with Gasteiger partial charge in [-0.3, -0.25) is 4.79 Å². The summed E-state index contributed by atoms with van der Waals surface area (Å²) in [4.78, 5) is 12.0. The molecular weight excluding hydrogens is 289 g/mol. The Morgan fingerprint density at radius 2 is 2.23 bits per heavy atom. The van der Waals surface area contributed by atoms with Crippen LogP contribution in [-0.4, -0.2) is 39.1 Å². The fraction of sp³-hybridized carbons (Fsp3) is 0.333. The van der Waals surface area contributed by atoms with Crippen LogP contribution in [0.2, 0.25) is 0 Å². The van der Waals surface area contributed by atoms with Gasteiger partial charge in [-0.05, 0) is 36.6 Å². The van der Waals surface area contributed by atoms with E-state index in [0.717, 1.165) is 0 Å². The molecule has 118 valence electrons. The van der Waals surface area contributed by atoms with Crippen LogP contribution < -0.4 is 5.32 Å². The molecule has 6 nitrogen and oxygen atoms in total. The lowest BCUT2D eigenvalue weighted by atomic mass is 10.2. The van der Waals surface area contributed by atoms with Crippen LogP contribution in [0.1, 0.15) is 23.0 Å². The number of hydrogen-bond acceptors (Lipinski definition) is 4. The highest BCUT2D eigenvalue weighted by atomic mass is 19.1. The molecule has 1 aromatic heterocycles. The highest BCUT2D eigenvalue weighted by Crippen LogP contribution is 2.20. The SMILES string of the molecule is Cc1cc(F)ccc1-n1cc(O)c(C(=O)NCC(C)CO)n1. The van der Waals surface area contributed by atoms with E-state index >= 15 is 0 Å². The van der Waals surface area contributed by atoms with E-state index in [0.29, 0.717) is 11.3 Å². The minimum Gasteiger partial charge on any atom is -0.504 e. The van der Waals surface area contributed by atoms with E-state index in [-0.39, 0.29) is 36.3 Å². The summed E-state index contributed by atoms with van der Waals surface area (Å²) in [6.45, 7) is 3.72. The number of rotatable bonds is 5. The summed E-state index contributed by atoms with van der Waals surface area (Å²) in [6.07, 6.45) is 1.30. The van der Waals surface area contributed by atoms with Gasteiger partial charge in [0.25, 0.3) is 5.91 Å². The quantitative estimate of drug-likeness (QED) is 0.779. The van der Waals surface area contributed by atoms with Crippen molar-refractivity contribution in [1.82, 2.24) is 15.1 Å². The van der Waals surface area contributed by atoms with Gasteiger partial charge in [0, 0.05) is 13.2 Å². The molecule has 1 heterocycles. The van der Waals surface area contributed by atoms with Crippen LogP contribution in [0, 0.1) is 18.7 Å². The van der Waals surface area contributed by atoms with Crippen molar-refractivity contribution in [3.8, 4) is 11.4 Å². The molecule has 0 bridgehead atoms. The molecule has 1 aromatic carbocycles. The van der Waals surface area contributed by atoms with E-state index in [1.54, 1.807) is 13.8 Å². The van der Waals surface area contributed by atoms with E-state index < -0.39 is 5.91 Å². The summed E-state index contributed by atoms with van der Waals surface area (Å²) in [5.74, 6) is -1.25. The van der Waals surface area contributed by atoms with Gasteiger partial charge in [-0.25, -0.2) is 9.07 Å². The van der Waals surface area contributed by atoms with Gasteiger partial charge < -0.3 is 15.5 Å². The Bertz CT molecular complexity index is 685. The van der Waals surface area contributed by atoms with Crippen molar-refractivity contribution in [1.29, 1.82) is 0 Å². The molecule has 1 amide bonds. The van der Waals surface area contributed by atoms with E-state index in [2.05, 4.69) is 10.4 Å². The van der Waals surface area contributed by atoms with Gasteiger partial charge in [-0.2, -0.15) is 5.10 Å². The molecule has 1 unspecified atom stereocenters. The van der Waals surface area contributed by atoms with Gasteiger partial charge in [-0.15, -0.1) is 0 Å². The molecule has 0 saturated heterocycles. The molecule has 7 heteroatoms. The second-order valence-electron chi connectivity index (χ2n) is 5.24. The zero-order valence-electron chi connectivity index (χ0n) is 12.4. The number of halogens is 1. The maximum Gasteiger partial charge on any atom is 0.275 e. The third-order valence-electron chi connectivity index (χ3n) is 3.24. The molecule has 2 aromatic rings. The summed E-state index contributed by atoms with van der Waals surface area (Å²) in [6, 6.07) is 4.15. The van der Waals surface area contributed by atoms with Crippen LogP contribution in [-0.2, 0) is 0 Å². The molecule has 0 aliphatic carbocycles. The summed E-state index contributed by atoms with van der Waals surface area (Å²) < 4.78 is 14.4. The predicted octanol–water partition coefficient (Wildman–Crippen LogP) is 1.38. The number of hydrogen-bond donors (Lipinski definition) is 3. The molecule has 22 heavy (non-hydrogen) atoms. The molecular formula is C15H18FN3O3. The first kappa shape index (κ1) is 16.0. The zero-order valence-corrected chi connectivity index (χ0v) is 12.4. The molecule has 0 spiro atoms. The number of carbonyl (C=O) groups is 1. The minimum absolute atomic E-state index is 0.0462. The van der Waals surface area contributed by atoms with Crippen LogP contribution in [0.5, 0.6) is 5.75 Å². The fourth-order valence-electron chi connectivity index (χ4n) is 1.94. The summed E-state index contributed by atoms with van der Waals surface area (Å²) in [5.41, 5.74) is 1.08. The van der Waals surface area contributed by atoms with Crippen molar-refractivity contribution in [2.75, 3.05) is 13.2 Å². The van der Waals surface area contributed by atoms with Crippen molar-refractivity contribution in [3.05, 3.63) is 41.5 Å². The van der Waals surface area contributed by atoms with Crippen molar-refractivity contribution in [2.45, 2.75) is 13.8 Å². The fourth-order valence-corrected chi connectivity index (χ4v) is 1.94. The third-order valence-corrected chi connectivity index (χ3v) is 3.24. The number of benzene rings is 1. The number of amides is 1. The van der Waals surface area contributed by atoms with Crippen molar-refractivity contribution >= 4 is 5.91 Å². The van der Waals surface area contributed by atoms with Gasteiger partial charge in [0.05, 0.1) is 11.9 Å². The van der Waals surface area contributed by atoms with Gasteiger partial charge in [0.2, 0.25) is 0 Å². The Labute approximate surface area is 127 Å². The number of aromatic hydroxyl groups is 1. The molecule has 0 fully saturated rings. The molecule has 0 aliphatic heterocycles. The van der Waals surface area contributed by atoms with Crippen LogP contribution in [0.25, 0.3) is 5.69 Å². The lowest BCUT2D eigenvalue weighted by Gasteiger charge is -2.08. The van der Waals surface area contributed by atoms with E-state index in [1.165, 1.54) is 29.1 Å². The average Bonchev–Trinajstić information content (AvgIpc) is 2.86. The second kappa shape index (κ2) is 6.57. The van der Waals surface area contributed by atoms with Crippen LogP contribution in [0.3, 0.4) is 0 Å². The van der Waals surface area contributed by atoms with Crippen molar-refractivity contribution < 1.29 is 19.4 Å². The number of nitrogens with zero attached hydrogens (tertiary/aromatic N) is 2. The monoisotopic (exact) mass is 307 g/mol. The topological polar surface area (TPSA) is 87.4 Å². The number of aliphatic hydroxyl groups excluding tert-OH is 1. The van der Waals surface area contributed by atoms with E-state index in [9.17, 15) is 14.3 Å². The number of aliphatic hydroxyl groups is 1. The van der Waals surface area contributed by atoms with Crippen LogP contribution in [0.4, 0.5) is 4.39 Å². The molecule has 0 radical (unpaired) electrons. The first-order valence-electron chi connectivity index (χ1n) is 6.86. The number of aryl methyl sites for hydroxylation is 1. The molecule has 3 N–H and O–H groups in total. The van der Waals surface area contributed by atoms with Crippen molar-refractivity contribution in [3.63, 3.8) is 0 Å². The summed E-state index contributed by atoms with van der Waals surface area (Å²) >= 11 is 0. The van der Waals surface area contributed by atoms with Crippen LogP contribution in [0.15, 0.2) is 24.4 Å². The maximum absolute atomic E-state index is 13.1. The standard InChI is InChI=1S/C15H18FN3O3/c1-9(8-20)6-17-15(22)14-13(21)7-19(18-14)12-4-3-11(16)5-10(12)2/h3-5,7,9,20-21H,6,8H2,1-2H3,(H,17,22). The van der Waals surface area contributed by atoms with E-state index in [4.69, 9.17) is 5.11 Å². The Kier molecular flexibility index (Phi) is 4.77. The normalized spacial score (nSPS) is 12.2. The minimum atomic E-state index is -0.531. The van der Waals surface area contributed by atoms with Gasteiger partial charge >= 0.3 is 0 Å². The van der Waals surface area contributed by atoms with Crippen molar-refractivity contribution in [2.24, 2.45) is 5.92 Å². The summed E-state index contributed by atoms with van der Waals surface area (Å²) in [7, 11) is 0. The Morgan fingerprint density at radius 1 is 1.50 bits per heavy atom. The van der Waals surface area contributed by atoms with E-state index in [1.807, 2.05) is 0 Å². The first-order valence-corrected chi connectivity index (χ1v) is 6.86. The summed E-state index contributed by atoms with van der Waals surface area (Å²) in [5, 5.41) is 25.4. The highest BCUT2D eigenvalue weighted by Gasteiger charge is 2.18. The molecule has 0 aliphatic rings. The Hall–Kier alpha value is -2.41. The molecule has 0 saturated carbocycles. The zero-order chi connectivity index (χ0) is 16.3. The van der Waals surface area contributed by atoms with Gasteiger partial charge in [0.1, 0.15) is 5.82 Å². The number of aromatic nitrogens is 2. The predicted molar refractivity (Wildman–Crippen MR) is 78.5 cm³/mol. The average molecular weight is 307 g/mol. The smallest absolute Gasteiger partial charge is 0.275 e. The molecule has 1 atom stereocenters. The maximum atomic E-state index is 13.1. The highest BCUT2D eigenvalue weighted by molar-refractivity contribution is 5.94. The third kappa shape index (κ3) is 3.43. The lowest BCUT2D eigenvalue weighted by Crippen LogP contribution is -2.30. The van der Waals surface area contributed by atoms with Gasteiger partial charge in [-0.1, -0.05) is 6.92 Å². The first-order chi connectivity index (χ1) is 10.4. The van der Waals surface area contributed by atoms with Crippen LogP contribution >= 0.6 is 0 Å². The Balaban J connectivity index is 2.22. The number of carbonyl (C=O) groups excluding carboxylic acids is 1. The second-order valence-corrected chi connectivity index (χ2v) is 5.24.